The molecule has 5 nitrogen and oxygen atoms in total. The number of hydrogen-bond donors (Lipinski definition) is 1. The van der Waals surface area contributed by atoms with Gasteiger partial charge in [0.05, 0.1) is 10.9 Å². The summed E-state index contributed by atoms with van der Waals surface area (Å²) >= 11 is 0. The highest BCUT2D eigenvalue weighted by atomic mass is 16.4. The fourth-order valence-electron chi connectivity index (χ4n) is 2.78. The van der Waals surface area contributed by atoms with E-state index in [0.29, 0.717) is 11.8 Å². The minimum Gasteiger partial charge on any atom is -0.475 e. The second-order valence-corrected chi connectivity index (χ2v) is 4.91. The number of hydrogen-bond acceptors (Lipinski definition) is 4. The first-order valence-corrected chi connectivity index (χ1v) is 6.43. The van der Waals surface area contributed by atoms with E-state index in [-0.39, 0.29) is 11.0 Å². The average Bonchev–Trinajstić information content (AvgIpc) is 2.45. The van der Waals surface area contributed by atoms with Crippen molar-refractivity contribution in [2.75, 3.05) is 0 Å². The highest BCUT2D eigenvalue weighted by Crippen LogP contribution is 2.29. The van der Waals surface area contributed by atoms with Gasteiger partial charge in [-0.1, -0.05) is 0 Å². The molecule has 2 aromatic rings. The zero-order valence-electron chi connectivity index (χ0n) is 10.6. The van der Waals surface area contributed by atoms with Crippen LogP contribution in [0.25, 0.3) is 11.0 Å². The number of carbonyl (C=O) groups is 2. The topological polar surface area (TPSA) is 84.6 Å². The van der Waals surface area contributed by atoms with E-state index in [9.17, 15) is 14.4 Å². The number of aldehydes is 1. The molecular formula is C15H12O5. The molecule has 1 aliphatic carbocycles. The molecule has 1 N–H and O–H groups in total. The summed E-state index contributed by atoms with van der Waals surface area (Å²) in [6.45, 7) is 0. The first kappa shape index (κ1) is 12.6. The molecule has 1 aromatic carbocycles. The Morgan fingerprint density at radius 1 is 1.25 bits per heavy atom. The Morgan fingerprint density at radius 2 is 2.00 bits per heavy atom. The number of aromatic carboxylic acids is 1. The summed E-state index contributed by atoms with van der Waals surface area (Å²) in [6, 6.07) is 2.68. The van der Waals surface area contributed by atoms with Crippen molar-refractivity contribution in [2.24, 2.45) is 0 Å². The molecule has 0 radical (unpaired) electrons. The summed E-state index contributed by atoms with van der Waals surface area (Å²) in [5.74, 6) is -1.76. The standard InChI is InChI=1S/C15H12O5/c16-7-11-9-4-2-1-3-8(9)5-10-12(17)6-13(15(18)19)20-14(10)11/h5-7H,1-4H2,(H,18,19). The molecule has 102 valence electrons. The van der Waals surface area contributed by atoms with Gasteiger partial charge in [-0.15, -0.1) is 0 Å². The lowest BCUT2D eigenvalue weighted by molar-refractivity contribution is 0.0662. The molecule has 20 heavy (non-hydrogen) atoms. The number of aryl methyl sites for hydroxylation is 1. The van der Waals surface area contributed by atoms with Gasteiger partial charge in [0.2, 0.25) is 5.76 Å². The maximum absolute atomic E-state index is 12.0. The molecule has 5 heteroatoms. The quantitative estimate of drug-likeness (QED) is 0.847. The van der Waals surface area contributed by atoms with Crippen LogP contribution >= 0.6 is 0 Å². The SMILES string of the molecule is O=Cc1c2c(cc3c(=O)cc(C(=O)O)oc13)CCCC2. The van der Waals surface area contributed by atoms with Gasteiger partial charge >= 0.3 is 5.97 Å². The second-order valence-electron chi connectivity index (χ2n) is 4.91. The molecule has 0 saturated carbocycles. The van der Waals surface area contributed by atoms with Crippen LogP contribution < -0.4 is 5.43 Å². The fraction of sp³-hybridized carbons (Fsp3) is 0.267. The molecule has 0 saturated heterocycles. The van der Waals surface area contributed by atoms with Crippen molar-refractivity contribution in [3.05, 3.63) is 44.8 Å². The predicted octanol–water partition coefficient (Wildman–Crippen LogP) is 2.18. The average molecular weight is 272 g/mol. The van der Waals surface area contributed by atoms with Crippen LogP contribution in [-0.2, 0) is 12.8 Å². The number of benzene rings is 1. The summed E-state index contributed by atoms with van der Waals surface area (Å²) in [5, 5.41) is 9.23. The minimum atomic E-state index is -1.32. The van der Waals surface area contributed by atoms with E-state index in [0.717, 1.165) is 42.9 Å². The minimum absolute atomic E-state index is 0.0885. The second kappa shape index (κ2) is 4.59. The van der Waals surface area contributed by atoms with Gasteiger partial charge in [-0.3, -0.25) is 9.59 Å². The summed E-state index contributed by atoms with van der Waals surface area (Å²) < 4.78 is 5.26. The molecule has 0 spiro atoms. The van der Waals surface area contributed by atoms with Crippen LogP contribution in [0.3, 0.4) is 0 Å². The van der Waals surface area contributed by atoms with Gasteiger partial charge < -0.3 is 9.52 Å². The van der Waals surface area contributed by atoms with Crippen molar-refractivity contribution in [1.82, 2.24) is 0 Å². The third kappa shape index (κ3) is 1.82. The summed E-state index contributed by atoms with van der Waals surface area (Å²) in [4.78, 5) is 34.4. The van der Waals surface area contributed by atoms with Crippen molar-refractivity contribution in [2.45, 2.75) is 25.7 Å². The Bertz CT molecular complexity index is 785. The lowest BCUT2D eigenvalue weighted by Crippen LogP contribution is -2.12. The molecular weight excluding hydrogens is 260 g/mol. The van der Waals surface area contributed by atoms with E-state index < -0.39 is 17.2 Å². The molecule has 0 aliphatic heterocycles. The van der Waals surface area contributed by atoms with E-state index in [1.165, 1.54) is 0 Å². The Labute approximate surface area is 113 Å². The summed E-state index contributed by atoms with van der Waals surface area (Å²) in [7, 11) is 0. The number of carboxylic acids is 1. The van der Waals surface area contributed by atoms with Crippen LogP contribution in [0.2, 0.25) is 0 Å². The van der Waals surface area contributed by atoms with Crippen LogP contribution in [0.1, 0.15) is 44.9 Å². The predicted molar refractivity (Wildman–Crippen MR) is 71.5 cm³/mol. The van der Waals surface area contributed by atoms with Gasteiger partial charge in [0.1, 0.15) is 5.58 Å². The Balaban J connectivity index is 2.44. The molecule has 1 heterocycles. The van der Waals surface area contributed by atoms with Crippen LogP contribution in [0, 0.1) is 0 Å². The molecule has 0 unspecified atom stereocenters. The number of carbonyl (C=O) groups excluding carboxylic acids is 1. The Hall–Kier alpha value is -2.43. The highest BCUT2D eigenvalue weighted by Gasteiger charge is 2.20. The summed E-state index contributed by atoms with van der Waals surface area (Å²) in [5.41, 5.74) is 1.84. The Kier molecular flexibility index (Phi) is 2.89. The third-order valence-corrected chi connectivity index (χ3v) is 3.71. The lowest BCUT2D eigenvalue weighted by atomic mass is 9.87. The van der Waals surface area contributed by atoms with E-state index in [4.69, 9.17) is 9.52 Å². The molecule has 1 aromatic heterocycles. The largest absolute Gasteiger partial charge is 0.475 e. The first-order valence-electron chi connectivity index (χ1n) is 6.43. The van der Waals surface area contributed by atoms with Crippen molar-refractivity contribution < 1.29 is 19.1 Å². The van der Waals surface area contributed by atoms with Crippen molar-refractivity contribution in [3.63, 3.8) is 0 Å². The van der Waals surface area contributed by atoms with E-state index in [1.807, 2.05) is 0 Å². The smallest absolute Gasteiger partial charge is 0.371 e. The number of fused-ring (bicyclic) bond motifs is 2. The van der Waals surface area contributed by atoms with E-state index in [2.05, 4.69) is 0 Å². The fourth-order valence-corrected chi connectivity index (χ4v) is 2.78. The van der Waals surface area contributed by atoms with Gasteiger partial charge in [-0.05, 0) is 42.9 Å². The van der Waals surface area contributed by atoms with Gasteiger partial charge in [-0.2, -0.15) is 0 Å². The number of carboxylic acid groups (broad SMARTS) is 1. The third-order valence-electron chi connectivity index (χ3n) is 3.71. The van der Waals surface area contributed by atoms with Crippen LogP contribution in [0.15, 0.2) is 21.3 Å². The molecule has 3 rings (SSSR count). The zero-order valence-corrected chi connectivity index (χ0v) is 10.6. The van der Waals surface area contributed by atoms with Crippen LogP contribution in [0.5, 0.6) is 0 Å². The number of rotatable bonds is 2. The molecule has 0 amide bonds. The van der Waals surface area contributed by atoms with E-state index >= 15 is 0 Å². The molecule has 1 aliphatic rings. The maximum atomic E-state index is 12.0. The monoisotopic (exact) mass is 272 g/mol. The highest BCUT2D eigenvalue weighted by molar-refractivity contribution is 5.98. The van der Waals surface area contributed by atoms with Gasteiger partial charge in [0.25, 0.3) is 0 Å². The van der Waals surface area contributed by atoms with E-state index in [1.54, 1.807) is 6.07 Å². The van der Waals surface area contributed by atoms with Crippen molar-refractivity contribution in [1.29, 1.82) is 0 Å². The summed E-state index contributed by atoms with van der Waals surface area (Å²) in [6.07, 6.45) is 4.23. The normalized spacial score (nSPS) is 14.0. The van der Waals surface area contributed by atoms with Gasteiger partial charge in [0, 0.05) is 6.07 Å². The van der Waals surface area contributed by atoms with Gasteiger partial charge in [-0.25, -0.2) is 4.79 Å². The van der Waals surface area contributed by atoms with Crippen molar-refractivity contribution >= 4 is 23.2 Å². The Morgan fingerprint density at radius 3 is 2.70 bits per heavy atom. The molecule has 0 bridgehead atoms. The van der Waals surface area contributed by atoms with Crippen LogP contribution in [0.4, 0.5) is 0 Å². The van der Waals surface area contributed by atoms with Gasteiger partial charge in [0.15, 0.2) is 11.7 Å². The van der Waals surface area contributed by atoms with Crippen molar-refractivity contribution in [3.8, 4) is 0 Å². The lowest BCUT2D eigenvalue weighted by Gasteiger charge is -2.18. The zero-order chi connectivity index (χ0) is 14.3. The van der Waals surface area contributed by atoms with Crippen LogP contribution in [-0.4, -0.2) is 17.4 Å². The first-order chi connectivity index (χ1) is 9.61. The molecule has 0 fully saturated rings. The maximum Gasteiger partial charge on any atom is 0.371 e. The molecule has 0 atom stereocenters.